The van der Waals surface area contributed by atoms with Crippen LogP contribution in [0.2, 0.25) is 13.3 Å². The number of anilines is 2. The molecule has 0 fully saturated rings. The van der Waals surface area contributed by atoms with Gasteiger partial charge in [-0.3, -0.25) is 0 Å². The Kier molecular flexibility index (Phi) is 15.7. The van der Waals surface area contributed by atoms with E-state index in [1.807, 2.05) is 0 Å². The van der Waals surface area contributed by atoms with Crippen molar-refractivity contribution in [3.63, 3.8) is 0 Å². The SMILES string of the molecule is CCCCC(=O)Nc1c[c]([Sn]([CH2]CCC)([CH2]CCC)[CH2]CCC)cc(NC(=O)CCCC)n1. The van der Waals surface area contributed by atoms with Gasteiger partial charge in [0.15, 0.2) is 0 Å². The fourth-order valence-electron chi connectivity index (χ4n) is 4.40. The molecule has 0 saturated carbocycles. The summed E-state index contributed by atoms with van der Waals surface area (Å²) in [6.07, 6.45) is 12.2. The van der Waals surface area contributed by atoms with Crippen molar-refractivity contribution >= 4 is 45.4 Å². The van der Waals surface area contributed by atoms with Crippen LogP contribution in [0.1, 0.15) is 112 Å². The quantitative estimate of drug-likeness (QED) is 0.182. The molecule has 0 aromatic carbocycles. The molecule has 1 aromatic rings. The molecule has 0 bridgehead atoms. The van der Waals surface area contributed by atoms with Gasteiger partial charge in [-0.25, -0.2) is 0 Å². The molecule has 0 aliphatic carbocycles. The Balaban J connectivity index is 3.40. The van der Waals surface area contributed by atoms with Crippen LogP contribution in [0.3, 0.4) is 0 Å². The van der Waals surface area contributed by atoms with E-state index in [1.165, 1.54) is 55.4 Å². The van der Waals surface area contributed by atoms with Crippen molar-refractivity contribution in [1.29, 1.82) is 0 Å². The van der Waals surface area contributed by atoms with Gasteiger partial charge in [-0.05, 0) is 0 Å². The fourth-order valence-corrected chi connectivity index (χ4v) is 20.4. The molecule has 2 N–H and O–H groups in total. The van der Waals surface area contributed by atoms with E-state index in [4.69, 9.17) is 0 Å². The summed E-state index contributed by atoms with van der Waals surface area (Å²) in [5.41, 5.74) is 0. The number of unbranched alkanes of at least 4 members (excludes halogenated alkanes) is 5. The molecule has 2 amide bonds. The third-order valence-corrected chi connectivity index (χ3v) is 22.1. The molecule has 6 heteroatoms. The number of pyridine rings is 1. The van der Waals surface area contributed by atoms with Gasteiger partial charge in [0.1, 0.15) is 0 Å². The van der Waals surface area contributed by atoms with Crippen molar-refractivity contribution in [2.45, 2.75) is 125 Å². The number of hydrogen-bond donors (Lipinski definition) is 2. The van der Waals surface area contributed by atoms with Crippen LogP contribution in [-0.2, 0) is 9.59 Å². The molecule has 0 aliphatic heterocycles. The zero-order valence-corrected chi connectivity index (χ0v) is 24.9. The topological polar surface area (TPSA) is 71.1 Å². The fraction of sp³-hybridized carbons (Fsp3) is 0.741. The first-order valence-electron chi connectivity index (χ1n) is 13.6. The summed E-state index contributed by atoms with van der Waals surface area (Å²) in [7, 11) is 0. The van der Waals surface area contributed by atoms with Crippen molar-refractivity contribution in [2.75, 3.05) is 10.6 Å². The molecule has 1 aromatic heterocycles. The number of rotatable bonds is 18. The summed E-state index contributed by atoms with van der Waals surface area (Å²) in [4.78, 5) is 29.7. The van der Waals surface area contributed by atoms with Gasteiger partial charge in [0.25, 0.3) is 0 Å². The van der Waals surface area contributed by atoms with Crippen molar-refractivity contribution < 1.29 is 9.59 Å². The number of hydrogen-bond acceptors (Lipinski definition) is 3. The minimum absolute atomic E-state index is 0.0150. The van der Waals surface area contributed by atoms with Crippen LogP contribution in [0.15, 0.2) is 12.1 Å². The zero-order chi connectivity index (χ0) is 24.5. The predicted molar refractivity (Wildman–Crippen MR) is 145 cm³/mol. The number of nitrogens with one attached hydrogen (secondary N) is 2. The Morgan fingerprint density at radius 1 is 0.667 bits per heavy atom. The van der Waals surface area contributed by atoms with Gasteiger partial charge < -0.3 is 0 Å². The Labute approximate surface area is 207 Å². The molecular formula is C27H49N3O2Sn. The predicted octanol–water partition coefficient (Wildman–Crippen LogP) is 7.40. The normalized spacial score (nSPS) is 11.4. The number of nitrogens with zero attached hydrogens (tertiary/aromatic N) is 1. The van der Waals surface area contributed by atoms with E-state index in [-0.39, 0.29) is 11.8 Å². The van der Waals surface area contributed by atoms with Crippen LogP contribution >= 0.6 is 0 Å². The summed E-state index contributed by atoms with van der Waals surface area (Å²) in [5, 5.41) is 6.09. The molecule has 0 aliphatic rings. The van der Waals surface area contributed by atoms with Crippen molar-refractivity contribution in [3.05, 3.63) is 12.1 Å². The van der Waals surface area contributed by atoms with Crippen LogP contribution in [0.4, 0.5) is 11.6 Å². The summed E-state index contributed by atoms with van der Waals surface area (Å²) in [6, 6.07) is 4.34. The summed E-state index contributed by atoms with van der Waals surface area (Å²) < 4.78 is 5.43. The minimum atomic E-state index is -2.74. The van der Waals surface area contributed by atoms with Gasteiger partial charge in [0.05, 0.1) is 0 Å². The van der Waals surface area contributed by atoms with Crippen molar-refractivity contribution in [2.24, 2.45) is 0 Å². The van der Waals surface area contributed by atoms with Gasteiger partial charge in [-0.1, -0.05) is 0 Å². The van der Waals surface area contributed by atoms with Gasteiger partial charge in [0, 0.05) is 0 Å². The molecule has 188 valence electrons. The van der Waals surface area contributed by atoms with Gasteiger partial charge in [-0.2, -0.15) is 0 Å². The standard InChI is InChI=1S/C15H22N3O2.3C4H9.Sn/c1-3-5-10-14(19)17-12-8-7-9-13(16-12)18-15(20)11-6-4-2;3*1-3-4-2;/h8-9H,3-6,10-11H2,1-2H3,(H2,16,17,18,19,20);3*1,3-4H2,2H3;. The molecule has 0 unspecified atom stereocenters. The van der Waals surface area contributed by atoms with E-state index in [9.17, 15) is 9.59 Å². The maximum absolute atomic E-state index is 12.5. The van der Waals surface area contributed by atoms with Crippen molar-refractivity contribution in [1.82, 2.24) is 4.98 Å². The summed E-state index contributed by atoms with van der Waals surface area (Å²) in [5.74, 6) is 1.26. The Bertz CT molecular complexity index is 647. The van der Waals surface area contributed by atoms with Crippen molar-refractivity contribution in [3.8, 4) is 0 Å². The second-order valence-electron chi connectivity index (χ2n) is 9.52. The third-order valence-electron chi connectivity index (χ3n) is 6.51. The zero-order valence-electron chi connectivity index (χ0n) is 22.0. The van der Waals surface area contributed by atoms with Gasteiger partial charge >= 0.3 is 208 Å². The molecule has 33 heavy (non-hydrogen) atoms. The summed E-state index contributed by atoms with van der Waals surface area (Å²) in [6.45, 7) is 11.0. The Hall–Kier alpha value is -1.11. The second kappa shape index (κ2) is 17.3. The first-order chi connectivity index (χ1) is 15.9. The number of carbonyl (C=O) groups excluding carboxylic acids is 2. The monoisotopic (exact) mass is 567 g/mol. The molecular weight excluding hydrogens is 517 g/mol. The average Bonchev–Trinajstić information content (AvgIpc) is 2.81. The van der Waals surface area contributed by atoms with E-state index in [2.05, 4.69) is 62.4 Å². The van der Waals surface area contributed by atoms with E-state index in [0.717, 1.165) is 25.7 Å². The van der Waals surface area contributed by atoms with Crippen LogP contribution in [-0.4, -0.2) is 35.2 Å². The summed E-state index contributed by atoms with van der Waals surface area (Å²) >= 11 is -2.74. The second-order valence-corrected chi connectivity index (χ2v) is 22.8. The molecule has 0 radical (unpaired) electrons. The number of aromatic nitrogens is 1. The maximum atomic E-state index is 12.5. The van der Waals surface area contributed by atoms with Crippen LogP contribution in [0.5, 0.6) is 0 Å². The molecule has 1 heterocycles. The van der Waals surface area contributed by atoms with E-state index >= 15 is 0 Å². The molecule has 0 saturated heterocycles. The van der Waals surface area contributed by atoms with E-state index in [0.29, 0.717) is 24.5 Å². The molecule has 0 spiro atoms. The number of amides is 2. The first-order valence-corrected chi connectivity index (χ1v) is 21.0. The van der Waals surface area contributed by atoms with Gasteiger partial charge in [0.2, 0.25) is 0 Å². The van der Waals surface area contributed by atoms with Gasteiger partial charge in [-0.15, -0.1) is 0 Å². The third kappa shape index (κ3) is 11.2. The molecule has 1 rings (SSSR count). The Morgan fingerprint density at radius 2 is 1.03 bits per heavy atom. The Morgan fingerprint density at radius 3 is 1.36 bits per heavy atom. The van der Waals surface area contributed by atoms with Crippen LogP contribution in [0.25, 0.3) is 0 Å². The first kappa shape index (κ1) is 29.9. The number of carbonyl (C=O) groups is 2. The van der Waals surface area contributed by atoms with E-state index in [1.54, 1.807) is 0 Å². The average molecular weight is 566 g/mol. The molecule has 5 nitrogen and oxygen atoms in total. The van der Waals surface area contributed by atoms with Crippen LogP contribution < -0.4 is 14.2 Å². The molecule has 0 atom stereocenters. The van der Waals surface area contributed by atoms with Crippen LogP contribution in [0, 0.1) is 0 Å². The van der Waals surface area contributed by atoms with E-state index < -0.39 is 18.4 Å².